The summed E-state index contributed by atoms with van der Waals surface area (Å²) in [7, 11) is 0. The Balaban J connectivity index is 2.17. The quantitative estimate of drug-likeness (QED) is 0.699. The first-order valence-corrected chi connectivity index (χ1v) is 9.10. The molecule has 0 spiro atoms. The smallest absolute Gasteiger partial charge is 0.338 e. The van der Waals surface area contributed by atoms with Crippen molar-refractivity contribution in [3.8, 4) is 0 Å². The Bertz CT molecular complexity index is 676. The van der Waals surface area contributed by atoms with Crippen LogP contribution in [0.2, 0.25) is 0 Å². The lowest BCUT2D eigenvalue weighted by Gasteiger charge is -2.50. The van der Waals surface area contributed by atoms with Gasteiger partial charge in [-0.2, -0.15) is 0 Å². The fraction of sp³-hybridized carbons (Fsp3) is 0.619. The van der Waals surface area contributed by atoms with Crippen LogP contribution in [-0.4, -0.2) is 24.1 Å². The number of aryl methyl sites for hydroxylation is 2. The summed E-state index contributed by atoms with van der Waals surface area (Å²) in [5, 5.41) is 0. The molecule has 1 saturated carbocycles. The predicted molar refractivity (Wildman–Crippen MR) is 95.7 cm³/mol. The van der Waals surface area contributed by atoms with Crippen LogP contribution in [0.25, 0.3) is 0 Å². The summed E-state index contributed by atoms with van der Waals surface area (Å²) in [4.78, 5) is 25.7. The van der Waals surface area contributed by atoms with Crippen molar-refractivity contribution in [1.82, 2.24) is 0 Å². The highest BCUT2D eigenvalue weighted by atomic mass is 16.6. The maximum absolute atomic E-state index is 12.9. The topological polar surface area (TPSA) is 52.6 Å². The van der Waals surface area contributed by atoms with Crippen LogP contribution in [0.15, 0.2) is 12.1 Å². The number of ether oxygens (including phenoxy) is 2. The third kappa shape index (κ3) is 2.96. The van der Waals surface area contributed by atoms with Gasteiger partial charge in [0.1, 0.15) is 12.2 Å². The molecule has 0 amide bonds. The maximum atomic E-state index is 12.9. The molecule has 25 heavy (non-hydrogen) atoms. The van der Waals surface area contributed by atoms with Crippen LogP contribution >= 0.6 is 0 Å². The maximum Gasteiger partial charge on any atom is 0.338 e. The van der Waals surface area contributed by atoms with Crippen LogP contribution in [0.5, 0.6) is 0 Å². The summed E-state index contributed by atoms with van der Waals surface area (Å²) < 4.78 is 12.0. The molecule has 0 radical (unpaired) electrons. The van der Waals surface area contributed by atoms with Crippen LogP contribution in [0.3, 0.4) is 0 Å². The molecule has 3 aliphatic rings. The van der Waals surface area contributed by atoms with Gasteiger partial charge in [-0.05, 0) is 61.8 Å². The molecule has 0 aromatic heterocycles. The lowest BCUT2D eigenvalue weighted by atomic mass is 9.61. The average Bonchev–Trinajstić information content (AvgIpc) is 2.52. The Kier molecular flexibility index (Phi) is 4.21. The Labute approximate surface area is 149 Å². The summed E-state index contributed by atoms with van der Waals surface area (Å²) in [6.07, 6.45) is 1.77. The van der Waals surface area contributed by atoms with Crippen molar-refractivity contribution >= 4 is 11.9 Å². The molecule has 4 rings (SSSR count). The highest BCUT2D eigenvalue weighted by molar-refractivity contribution is 5.96. The van der Waals surface area contributed by atoms with E-state index in [-0.39, 0.29) is 35.0 Å². The molecule has 1 aromatic rings. The highest BCUT2D eigenvalue weighted by Gasteiger charge is 2.52. The molecule has 1 aliphatic carbocycles. The lowest BCUT2D eigenvalue weighted by molar-refractivity contribution is -0.135. The summed E-state index contributed by atoms with van der Waals surface area (Å²) in [5.41, 5.74) is 2.13. The van der Waals surface area contributed by atoms with Crippen LogP contribution in [0.4, 0.5) is 0 Å². The predicted octanol–water partition coefficient (Wildman–Crippen LogP) is 4.60. The number of hydrogen-bond donors (Lipinski definition) is 0. The molecule has 1 aromatic carbocycles. The summed E-state index contributed by atoms with van der Waals surface area (Å²) >= 11 is 0. The first kappa shape index (κ1) is 18.0. The van der Waals surface area contributed by atoms with Crippen LogP contribution < -0.4 is 0 Å². The number of esters is 2. The van der Waals surface area contributed by atoms with Crippen molar-refractivity contribution in [3.05, 3.63) is 34.4 Å². The Hall–Kier alpha value is -1.84. The van der Waals surface area contributed by atoms with E-state index in [0.717, 1.165) is 30.4 Å². The van der Waals surface area contributed by atoms with Gasteiger partial charge in [0.15, 0.2) is 0 Å². The zero-order chi connectivity index (χ0) is 18.6. The minimum Gasteiger partial charge on any atom is -0.458 e. The van der Waals surface area contributed by atoms with Gasteiger partial charge in [-0.1, -0.05) is 27.7 Å². The van der Waals surface area contributed by atoms with Gasteiger partial charge >= 0.3 is 11.9 Å². The molecule has 4 nitrogen and oxygen atoms in total. The number of hydrogen-bond acceptors (Lipinski definition) is 4. The van der Waals surface area contributed by atoms with Gasteiger partial charge in [0.25, 0.3) is 0 Å². The Morgan fingerprint density at radius 1 is 0.920 bits per heavy atom. The van der Waals surface area contributed by atoms with E-state index in [1.807, 2.05) is 13.8 Å². The second-order valence-electron chi connectivity index (χ2n) is 8.70. The SMILES string of the molecule is CCC1(C)C2CC(C)(C)CC1OC(=O)c1cc(C)c(cc1C)C(=O)O2. The summed E-state index contributed by atoms with van der Waals surface area (Å²) in [6.45, 7) is 12.1. The molecule has 0 saturated heterocycles. The minimum atomic E-state index is -0.381. The van der Waals surface area contributed by atoms with Gasteiger partial charge in [0.05, 0.1) is 11.1 Å². The monoisotopic (exact) mass is 344 g/mol. The Morgan fingerprint density at radius 2 is 1.32 bits per heavy atom. The summed E-state index contributed by atoms with van der Waals surface area (Å²) in [6, 6.07) is 3.50. The normalized spacial score (nSPS) is 31.1. The molecule has 4 heteroatoms. The molecular formula is C21H28O4. The molecular weight excluding hydrogens is 316 g/mol. The van der Waals surface area contributed by atoms with E-state index >= 15 is 0 Å². The van der Waals surface area contributed by atoms with Crippen molar-refractivity contribution in [2.75, 3.05) is 0 Å². The first-order valence-electron chi connectivity index (χ1n) is 9.10. The van der Waals surface area contributed by atoms with E-state index in [4.69, 9.17) is 9.47 Å². The van der Waals surface area contributed by atoms with Gasteiger partial charge in [0.2, 0.25) is 0 Å². The van der Waals surface area contributed by atoms with E-state index in [1.165, 1.54) is 0 Å². The second kappa shape index (κ2) is 5.86. The van der Waals surface area contributed by atoms with E-state index in [9.17, 15) is 9.59 Å². The van der Waals surface area contributed by atoms with Gasteiger partial charge in [-0.25, -0.2) is 9.59 Å². The third-order valence-corrected chi connectivity index (χ3v) is 6.22. The van der Waals surface area contributed by atoms with E-state index in [2.05, 4.69) is 27.7 Å². The van der Waals surface area contributed by atoms with Gasteiger partial charge in [-0.15, -0.1) is 0 Å². The van der Waals surface area contributed by atoms with Crippen molar-refractivity contribution in [2.24, 2.45) is 10.8 Å². The van der Waals surface area contributed by atoms with Crippen molar-refractivity contribution in [1.29, 1.82) is 0 Å². The van der Waals surface area contributed by atoms with Crippen LogP contribution in [0, 0.1) is 24.7 Å². The number of carbonyl (C=O) groups is 2. The first-order chi connectivity index (χ1) is 11.6. The molecule has 2 aliphatic heterocycles. The largest absolute Gasteiger partial charge is 0.458 e. The van der Waals surface area contributed by atoms with E-state index in [0.29, 0.717) is 11.1 Å². The highest BCUT2D eigenvalue weighted by Crippen LogP contribution is 2.50. The molecule has 2 unspecified atom stereocenters. The zero-order valence-corrected chi connectivity index (χ0v) is 16.1. The van der Waals surface area contributed by atoms with Crippen LogP contribution in [-0.2, 0) is 9.47 Å². The summed E-state index contributed by atoms with van der Waals surface area (Å²) in [5.74, 6) is -0.606. The fourth-order valence-corrected chi connectivity index (χ4v) is 4.21. The molecule has 1 fully saturated rings. The van der Waals surface area contributed by atoms with Crippen molar-refractivity contribution in [3.63, 3.8) is 0 Å². The van der Waals surface area contributed by atoms with Crippen molar-refractivity contribution < 1.29 is 19.1 Å². The molecule has 2 heterocycles. The molecule has 2 atom stereocenters. The Morgan fingerprint density at radius 3 is 1.68 bits per heavy atom. The number of carbonyl (C=O) groups excluding carboxylic acids is 2. The molecule has 136 valence electrons. The van der Waals surface area contributed by atoms with E-state index in [1.54, 1.807) is 12.1 Å². The number of fused-ring (bicyclic) bond motifs is 4. The molecule has 0 N–H and O–H groups in total. The minimum absolute atomic E-state index is 0.0576. The number of benzene rings is 1. The zero-order valence-electron chi connectivity index (χ0n) is 16.1. The standard InChI is InChI=1S/C21H28O4/c1-7-21(6)16-10-20(4,5)11-17(21)25-19(23)15-8-12(2)14(9-13(15)3)18(22)24-16/h8-9,16-17H,7,10-11H2,1-6H3. The average molecular weight is 344 g/mol. The lowest BCUT2D eigenvalue weighted by Crippen LogP contribution is -2.54. The fourth-order valence-electron chi connectivity index (χ4n) is 4.21. The molecule has 4 bridgehead atoms. The second-order valence-corrected chi connectivity index (χ2v) is 8.70. The van der Waals surface area contributed by atoms with Gasteiger partial charge in [-0.3, -0.25) is 0 Å². The van der Waals surface area contributed by atoms with Gasteiger partial charge in [0, 0.05) is 5.41 Å². The van der Waals surface area contributed by atoms with E-state index < -0.39 is 0 Å². The van der Waals surface area contributed by atoms with Crippen molar-refractivity contribution in [2.45, 2.75) is 73.0 Å². The van der Waals surface area contributed by atoms with Gasteiger partial charge < -0.3 is 9.47 Å². The van der Waals surface area contributed by atoms with Crippen LogP contribution in [0.1, 0.15) is 78.8 Å². The number of rotatable bonds is 1. The third-order valence-electron chi connectivity index (χ3n) is 6.22.